The van der Waals surface area contributed by atoms with Crippen LogP contribution in [0.4, 0.5) is 0 Å². The maximum atomic E-state index is 12.0. The molecule has 0 spiro atoms. The molecule has 1 aliphatic heterocycles. The second kappa shape index (κ2) is 7.31. The lowest BCUT2D eigenvalue weighted by molar-refractivity contribution is -0.136. The fourth-order valence-electron chi connectivity index (χ4n) is 1.93. The third-order valence-electron chi connectivity index (χ3n) is 3.00. The standard InChI is InChI=1S/C14H17NO4S/c16-13(15-5-7-19-8-6-15)10-20-12-3-1-11(2-4-12)9-14(17)18/h1-4H,5-10H2,(H,17,18). The Labute approximate surface area is 121 Å². The largest absolute Gasteiger partial charge is 0.481 e. The van der Waals surface area contributed by atoms with Gasteiger partial charge in [0.25, 0.3) is 0 Å². The van der Waals surface area contributed by atoms with Gasteiger partial charge in [-0.15, -0.1) is 11.8 Å². The summed E-state index contributed by atoms with van der Waals surface area (Å²) in [6, 6.07) is 7.29. The molecule has 0 aromatic heterocycles. The minimum atomic E-state index is -0.840. The van der Waals surface area contributed by atoms with Crippen molar-refractivity contribution < 1.29 is 19.4 Å². The van der Waals surface area contributed by atoms with Crippen molar-refractivity contribution in [1.29, 1.82) is 0 Å². The van der Waals surface area contributed by atoms with Gasteiger partial charge in [0.05, 0.1) is 25.4 Å². The van der Waals surface area contributed by atoms with E-state index in [1.54, 1.807) is 12.1 Å². The van der Waals surface area contributed by atoms with Crippen molar-refractivity contribution >= 4 is 23.6 Å². The third kappa shape index (κ3) is 4.54. The number of carbonyl (C=O) groups is 2. The number of nitrogens with zero attached hydrogens (tertiary/aromatic N) is 1. The van der Waals surface area contributed by atoms with E-state index in [2.05, 4.69) is 0 Å². The van der Waals surface area contributed by atoms with Gasteiger partial charge in [0, 0.05) is 18.0 Å². The molecule has 2 rings (SSSR count). The SMILES string of the molecule is O=C(O)Cc1ccc(SCC(=O)N2CCOCC2)cc1. The molecule has 0 unspecified atom stereocenters. The zero-order chi connectivity index (χ0) is 14.4. The molecule has 1 amide bonds. The number of morpholine rings is 1. The fraction of sp³-hybridized carbons (Fsp3) is 0.429. The number of amides is 1. The third-order valence-corrected chi connectivity index (χ3v) is 4.00. The number of hydrogen-bond donors (Lipinski definition) is 1. The van der Waals surface area contributed by atoms with E-state index in [0.29, 0.717) is 32.1 Å². The van der Waals surface area contributed by atoms with E-state index in [0.717, 1.165) is 10.5 Å². The molecular formula is C14H17NO4S. The number of rotatable bonds is 5. The van der Waals surface area contributed by atoms with Gasteiger partial charge in [-0.2, -0.15) is 0 Å². The quantitative estimate of drug-likeness (QED) is 0.829. The maximum Gasteiger partial charge on any atom is 0.307 e. The van der Waals surface area contributed by atoms with E-state index in [-0.39, 0.29) is 12.3 Å². The van der Waals surface area contributed by atoms with E-state index < -0.39 is 5.97 Å². The van der Waals surface area contributed by atoms with Crippen LogP contribution in [0.3, 0.4) is 0 Å². The van der Waals surface area contributed by atoms with E-state index in [1.807, 2.05) is 17.0 Å². The maximum absolute atomic E-state index is 12.0. The van der Waals surface area contributed by atoms with Crippen LogP contribution in [0.25, 0.3) is 0 Å². The zero-order valence-corrected chi connectivity index (χ0v) is 11.9. The van der Waals surface area contributed by atoms with Crippen LogP contribution in [0.1, 0.15) is 5.56 Å². The first-order valence-corrected chi connectivity index (χ1v) is 7.43. The number of benzene rings is 1. The van der Waals surface area contributed by atoms with Gasteiger partial charge in [-0.05, 0) is 17.7 Å². The normalized spacial score (nSPS) is 15.1. The molecule has 108 valence electrons. The van der Waals surface area contributed by atoms with Crippen molar-refractivity contribution in [3.63, 3.8) is 0 Å². The molecule has 1 aliphatic rings. The minimum absolute atomic E-state index is 0.0255. The van der Waals surface area contributed by atoms with Gasteiger partial charge in [-0.3, -0.25) is 9.59 Å². The molecule has 5 nitrogen and oxygen atoms in total. The van der Waals surface area contributed by atoms with Crippen LogP contribution < -0.4 is 0 Å². The Hall–Kier alpha value is -1.53. The fourth-order valence-corrected chi connectivity index (χ4v) is 2.73. The summed E-state index contributed by atoms with van der Waals surface area (Å²) in [6.07, 6.45) is 0.0255. The lowest BCUT2D eigenvalue weighted by Crippen LogP contribution is -2.41. The molecule has 0 radical (unpaired) electrons. The van der Waals surface area contributed by atoms with Gasteiger partial charge in [-0.25, -0.2) is 0 Å². The zero-order valence-electron chi connectivity index (χ0n) is 11.1. The van der Waals surface area contributed by atoms with Crippen LogP contribution in [-0.4, -0.2) is 53.9 Å². The first kappa shape index (κ1) is 14.9. The Morgan fingerprint density at radius 3 is 2.45 bits per heavy atom. The first-order valence-electron chi connectivity index (χ1n) is 6.44. The minimum Gasteiger partial charge on any atom is -0.481 e. The van der Waals surface area contributed by atoms with Crippen molar-refractivity contribution in [2.75, 3.05) is 32.1 Å². The second-order valence-electron chi connectivity index (χ2n) is 4.50. The van der Waals surface area contributed by atoms with Crippen LogP contribution in [0.15, 0.2) is 29.2 Å². The number of carbonyl (C=O) groups excluding carboxylic acids is 1. The molecule has 20 heavy (non-hydrogen) atoms. The Bertz CT molecular complexity index is 469. The summed E-state index contributed by atoms with van der Waals surface area (Å²) >= 11 is 1.47. The molecule has 1 N–H and O–H groups in total. The van der Waals surface area contributed by atoms with Crippen molar-refractivity contribution in [3.8, 4) is 0 Å². The molecule has 1 heterocycles. The Kier molecular flexibility index (Phi) is 5.43. The van der Waals surface area contributed by atoms with Gasteiger partial charge >= 0.3 is 5.97 Å². The smallest absolute Gasteiger partial charge is 0.307 e. The van der Waals surface area contributed by atoms with Crippen LogP contribution >= 0.6 is 11.8 Å². The molecule has 1 aromatic rings. The van der Waals surface area contributed by atoms with Crippen LogP contribution in [0, 0.1) is 0 Å². The van der Waals surface area contributed by atoms with E-state index in [9.17, 15) is 9.59 Å². The number of aliphatic carboxylic acids is 1. The molecular weight excluding hydrogens is 278 g/mol. The predicted octanol–water partition coefficient (Wildman–Crippen LogP) is 1.26. The number of thioether (sulfide) groups is 1. The van der Waals surface area contributed by atoms with Crippen LogP contribution in [-0.2, 0) is 20.7 Å². The molecule has 0 atom stereocenters. The highest BCUT2D eigenvalue weighted by Gasteiger charge is 2.16. The Balaban J connectivity index is 1.81. The number of hydrogen-bond acceptors (Lipinski definition) is 4. The molecule has 0 saturated carbocycles. The Morgan fingerprint density at radius 2 is 1.85 bits per heavy atom. The summed E-state index contributed by atoms with van der Waals surface area (Å²) in [5.41, 5.74) is 0.765. The van der Waals surface area contributed by atoms with Gasteiger partial charge in [0.15, 0.2) is 0 Å². The lowest BCUT2D eigenvalue weighted by atomic mass is 10.2. The number of ether oxygens (including phenoxy) is 1. The topological polar surface area (TPSA) is 66.8 Å². The monoisotopic (exact) mass is 295 g/mol. The molecule has 1 aromatic carbocycles. The first-order chi connectivity index (χ1) is 9.65. The van der Waals surface area contributed by atoms with Crippen LogP contribution in [0.2, 0.25) is 0 Å². The highest BCUT2D eigenvalue weighted by molar-refractivity contribution is 8.00. The summed E-state index contributed by atoms with van der Waals surface area (Å²) in [5, 5.41) is 8.69. The van der Waals surface area contributed by atoms with Gasteiger partial charge < -0.3 is 14.7 Å². The second-order valence-corrected chi connectivity index (χ2v) is 5.55. The van der Waals surface area contributed by atoms with Gasteiger partial charge in [0.1, 0.15) is 0 Å². The molecule has 6 heteroatoms. The van der Waals surface area contributed by atoms with Crippen LogP contribution in [0.5, 0.6) is 0 Å². The average Bonchev–Trinajstić information content (AvgIpc) is 2.46. The molecule has 0 bridgehead atoms. The van der Waals surface area contributed by atoms with E-state index in [1.165, 1.54) is 11.8 Å². The highest BCUT2D eigenvalue weighted by Crippen LogP contribution is 2.19. The number of carboxylic acid groups (broad SMARTS) is 1. The highest BCUT2D eigenvalue weighted by atomic mass is 32.2. The van der Waals surface area contributed by atoms with E-state index in [4.69, 9.17) is 9.84 Å². The van der Waals surface area contributed by atoms with E-state index >= 15 is 0 Å². The predicted molar refractivity (Wildman–Crippen MR) is 75.9 cm³/mol. The average molecular weight is 295 g/mol. The Morgan fingerprint density at radius 1 is 1.20 bits per heavy atom. The molecule has 1 saturated heterocycles. The summed E-state index contributed by atoms with van der Waals surface area (Å²) in [6.45, 7) is 2.55. The van der Waals surface area contributed by atoms with Crippen molar-refractivity contribution in [3.05, 3.63) is 29.8 Å². The molecule has 0 aliphatic carbocycles. The van der Waals surface area contributed by atoms with Crippen molar-refractivity contribution in [1.82, 2.24) is 4.90 Å². The summed E-state index contributed by atoms with van der Waals surface area (Å²) < 4.78 is 5.21. The summed E-state index contributed by atoms with van der Waals surface area (Å²) in [7, 11) is 0. The number of carboxylic acids is 1. The van der Waals surface area contributed by atoms with Gasteiger partial charge in [0.2, 0.25) is 5.91 Å². The summed E-state index contributed by atoms with van der Waals surface area (Å²) in [5.74, 6) is -0.320. The summed E-state index contributed by atoms with van der Waals surface area (Å²) in [4.78, 5) is 25.3. The van der Waals surface area contributed by atoms with Crippen molar-refractivity contribution in [2.24, 2.45) is 0 Å². The molecule has 1 fully saturated rings. The van der Waals surface area contributed by atoms with Crippen molar-refractivity contribution in [2.45, 2.75) is 11.3 Å². The lowest BCUT2D eigenvalue weighted by Gasteiger charge is -2.26. The van der Waals surface area contributed by atoms with Gasteiger partial charge in [-0.1, -0.05) is 12.1 Å².